The van der Waals surface area contributed by atoms with E-state index in [-0.39, 0.29) is 0 Å². The van der Waals surface area contributed by atoms with Gasteiger partial charge in [0.15, 0.2) is 10.3 Å². The molecule has 3 nitrogen and oxygen atoms in total. The molecule has 0 aromatic carbocycles. The van der Waals surface area contributed by atoms with E-state index in [0.717, 1.165) is 24.0 Å². The van der Waals surface area contributed by atoms with Crippen molar-refractivity contribution in [2.24, 2.45) is 0 Å². The zero-order chi connectivity index (χ0) is 9.26. The number of hydrogen-bond donors (Lipinski definition) is 0. The molecular weight excluding hydrogens is 211 g/mol. The van der Waals surface area contributed by atoms with Crippen LogP contribution in [0.5, 0.6) is 0 Å². The Morgan fingerprint density at radius 3 is 1.85 bits per heavy atom. The van der Waals surface area contributed by atoms with Crippen LogP contribution in [0.2, 0.25) is 10.3 Å². The van der Waals surface area contributed by atoms with Crippen LogP contribution in [0.4, 0.5) is 0 Å². The summed E-state index contributed by atoms with van der Waals surface area (Å²) in [4.78, 5) is 0. The van der Waals surface area contributed by atoms with Crippen LogP contribution in [0.25, 0.3) is 0 Å². The summed E-state index contributed by atoms with van der Waals surface area (Å²) in [5.74, 6) is 0. The van der Waals surface area contributed by atoms with Gasteiger partial charge in [-0.25, -0.2) is 0 Å². The lowest BCUT2D eigenvalue weighted by Crippen LogP contribution is -2.00. The van der Waals surface area contributed by atoms with Gasteiger partial charge in [-0.3, -0.25) is 0 Å². The van der Waals surface area contributed by atoms with Crippen molar-refractivity contribution in [3.05, 3.63) is 21.4 Å². The van der Waals surface area contributed by atoms with E-state index in [1.54, 1.807) is 0 Å². The van der Waals surface area contributed by atoms with Crippen LogP contribution in [0.1, 0.15) is 11.1 Å². The Hall–Kier alpha value is -0.380. The molecule has 0 N–H and O–H groups in total. The first-order valence-electron chi connectivity index (χ1n) is 4.06. The minimum atomic E-state index is 0.449. The first kappa shape index (κ1) is 9.19. The molecule has 0 amide bonds. The van der Waals surface area contributed by atoms with Crippen LogP contribution in [0.3, 0.4) is 0 Å². The molecule has 1 aromatic rings. The van der Waals surface area contributed by atoms with Crippen molar-refractivity contribution in [1.29, 1.82) is 0 Å². The zero-order valence-electron chi connectivity index (χ0n) is 6.89. The Balaban J connectivity index is 2.50. The second-order valence-electron chi connectivity index (χ2n) is 2.85. The van der Waals surface area contributed by atoms with Gasteiger partial charge >= 0.3 is 0 Å². The summed E-state index contributed by atoms with van der Waals surface area (Å²) in [7, 11) is 0. The van der Waals surface area contributed by atoms with Gasteiger partial charge in [0.25, 0.3) is 0 Å². The van der Waals surface area contributed by atoms with Crippen molar-refractivity contribution >= 4 is 23.2 Å². The van der Waals surface area contributed by atoms with Gasteiger partial charge in [-0.15, -0.1) is 10.2 Å². The molecule has 0 radical (unpaired) electrons. The molecule has 1 aromatic heterocycles. The van der Waals surface area contributed by atoms with Gasteiger partial charge in [-0.05, 0) is 12.8 Å². The predicted octanol–water partition coefficient (Wildman–Crippen LogP) is 1.90. The van der Waals surface area contributed by atoms with E-state index >= 15 is 0 Å². The molecule has 13 heavy (non-hydrogen) atoms. The fourth-order valence-electron chi connectivity index (χ4n) is 1.42. The highest BCUT2D eigenvalue weighted by Crippen LogP contribution is 2.25. The number of ether oxygens (including phenoxy) is 1. The fraction of sp³-hybridized carbons (Fsp3) is 0.500. The Labute approximate surface area is 86.0 Å². The normalized spacial score (nSPS) is 16.5. The molecule has 0 aliphatic carbocycles. The quantitative estimate of drug-likeness (QED) is 0.668. The highest BCUT2D eigenvalue weighted by molar-refractivity contribution is 6.32. The van der Waals surface area contributed by atoms with E-state index in [2.05, 4.69) is 10.2 Å². The molecule has 0 atom stereocenters. The minimum absolute atomic E-state index is 0.449. The van der Waals surface area contributed by atoms with Crippen molar-refractivity contribution in [2.45, 2.75) is 12.8 Å². The van der Waals surface area contributed by atoms with Gasteiger partial charge in [0, 0.05) is 11.1 Å². The zero-order valence-corrected chi connectivity index (χ0v) is 8.40. The molecule has 0 fully saturated rings. The van der Waals surface area contributed by atoms with Crippen molar-refractivity contribution < 1.29 is 4.74 Å². The second kappa shape index (κ2) is 3.78. The summed E-state index contributed by atoms with van der Waals surface area (Å²) < 4.78 is 5.31. The summed E-state index contributed by atoms with van der Waals surface area (Å²) in [5.41, 5.74) is 1.97. The summed E-state index contributed by atoms with van der Waals surface area (Å²) >= 11 is 11.8. The third-order valence-electron chi connectivity index (χ3n) is 2.08. The fourth-order valence-corrected chi connectivity index (χ4v) is 1.91. The monoisotopic (exact) mass is 218 g/mol. The molecule has 0 unspecified atom stereocenters. The first-order chi connectivity index (χ1) is 6.29. The van der Waals surface area contributed by atoms with Gasteiger partial charge in [0.05, 0.1) is 13.2 Å². The second-order valence-corrected chi connectivity index (χ2v) is 3.57. The van der Waals surface area contributed by atoms with Crippen LogP contribution in [0, 0.1) is 0 Å². The number of aromatic nitrogens is 2. The molecule has 0 saturated heterocycles. The molecule has 0 bridgehead atoms. The Morgan fingerprint density at radius 1 is 0.923 bits per heavy atom. The number of rotatable bonds is 0. The molecule has 2 heterocycles. The topological polar surface area (TPSA) is 35.0 Å². The molecule has 0 spiro atoms. The first-order valence-corrected chi connectivity index (χ1v) is 4.82. The lowest BCUT2D eigenvalue weighted by atomic mass is 10.1. The maximum atomic E-state index is 5.90. The largest absolute Gasteiger partial charge is 0.381 e. The van der Waals surface area contributed by atoms with Crippen LogP contribution in [-0.4, -0.2) is 23.4 Å². The van der Waals surface area contributed by atoms with Gasteiger partial charge in [-0.1, -0.05) is 23.2 Å². The average molecular weight is 219 g/mol. The highest BCUT2D eigenvalue weighted by Gasteiger charge is 2.16. The Kier molecular flexibility index (Phi) is 2.67. The van der Waals surface area contributed by atoms with E-state index in [1.165, 1.54) is 0 Å². The summed E-state index contributed by atoms with van der Waals surface area (Å²) in [6.07, 6.45) is 1.53. The van der Waals surface area contributed by atoms with Crippen molar-refractivity contribution in [1.82, 2.24) is 10.2 Å². The van der Waals surface area contributed by atoms with E-state index in [1.807, 2.05) is 0 Å². The lowest BCUT2D eigenvalue weighted by Gasteiger charge is -2.05. The van der Waals surface area contributed by atoms with Crippen LogP contribution < -0.4 is 0 Å². The summed E-state index contributed by atoms with van der Waals surface area (Å²) in [5, 5.41) is 8.42. The minimum Gasteiger partial charge on any atom is -0.381 e. The van der Waals surface area contributed by atoms with E-state index in [4.69, 9.17) is 27.9 Å². The summed E-state index contributed by atoms with van der Waals surface area (Å²) in [6, 6.07) is 0. The maximum absolute atomic E-state index is 5.90. The molecular formula is C8H8Cl2N2O. The van der Waals surface area contributed by atoms with E-state index in [9.17, 15) is 0 Å². The SMILES string of the molecule is Clc1nnc(Cl)c2c1CCOCC2. The smallest absolute Gasteiger partial charge is 0.155 e. The van der Waals surface area contributed by atoms with Gasteiger partial charge in [-0.2, -0.15) is 0 Å². The van der Waals surface area contributed by atoms with Gasteiger partial charge in [0.2, 0.25) is 0 Å². The van der Waals surface area contributed by atoms with Crippen LogP contribution in [-0.2, 0) is 17.6 Å². The predicted molar refractivity (Wildman–Crippen MR) is 50.3 cm³/mol. The third kappa shape index (κ3) is 1.77. The number of hydrogen-bond acceptors (Lipinski definition) is 3. The molecule has 70 valence electrons. The molecule has 2 rings (SSSR count). The Bertz CT molecular complexity index is 299. The van der Waals surface area contributed by atoms with Crippen molar-refractivity contribution in [3.8, 4) is 0 Å². The number of halogens is 2. The summed E-state index contributed by atoms with van der Waals surface area (Å²) in [6.45, 7) is 1.35. The van der Waals surface area contributed by atoms with E-state index < -0.39 is 0 Å². The van der Waals surface area contributed by atoms with Crippen molar-refractivity contribution in [3.63, 3.8) is 0 Å². The third-order valence-corrected chi connectivity index (χ3v) is 2.69. The molecule has 0 saturated carbocycles. The number of fused-ring (bicyclic) bond motifs is 1. The molecule has 5 heteroatoms. The lowest BCUT2D eigenvalue weighted by molar-refractivity contribution is 0.146. The average Bonchev–Trinajstić information content (AvgIpc) is 2.37. The van der Waals surface area contributed by atoms with Gasteiger partial charge < -0.3 is 4.74 Å². The number of nitrogens with zero attached hydrogens (tertiary/aromatic N) is 2. The van der Waals surface area contributed by atoms with E-state index in [0.29, 0.717) is 23.5 Å². The molecule has 1 aliphatic rings. The van der Waals surface area contributed by atoms with Crippen LogP contribution in [0.15, 0.2) is 0 Å². The standard InChI is InChI=1S/C8H8Cl2N2O/c9-7-5-1-3-13-4-2-6(5)8(10)12-11-7/h1-4H2. The van der Waals surface area contributed by atoms with Crippen molar-refractivity contribution in [2.75, 3.05) is 13.2 Å². The van der Waals surface area contributed by atoms with Gasteiger partial charge in [0.1, 0.15) is 0 Å². The highest BCUT2D eigenvalue weighted by atomic mass is 35.5. The maximum Gasteiger partial charge on any atom is 0.155 e. The van der Waals surface area contributed by atoms with Crippen LogP contribution >= 0.6 is 23.2 Å². The molecule has 1 aliphatic heterocycles. The Morgan fingerprint density at radius 2 is 1.38 bits per heavy atom.